The Balaban J connectivity index is 2.17. The molecule has 2 aliphatic heterocycles. The van der Waals surface area contributed by atoms with Crippen LogP contribution in [-0.4, -0.2) is 53.4 Å². The first-order valence-electron chi connectivity index (χ1n) is 6.80. The molecule has 0 radical (unpaired) electrons. The van der Waals surface area contributed by atoms with E-state index in [4.69, 9.17) is 0 Å². The van der Waals surface area contributed by atoms with Crippen molar-refractivity contribution in [1.82, 2.24) is 15.1 Å². The maximum Gasteiger partial charge on any atom is 0.325 e. The summed E-state index contributed by atoms with van der Waals surface area (Å²) in [6.45, 7) is 9.65. The number of hydrogen-bond donors (Lipinski definition) is 1. The van der Waals surface area contributed by atoms with Gasteiger partial charge in [0.1, 0.15) is 0 Å². The van der Waals surface area contributed by atoms with Crippen molar-refractivity contribution in [3.63, 3.8) is 0 Å². The average Bonchev–Trinajstić information content (AvgIpc) is 2.67. The molecule has 2 unspecified atom stereocenters. The molecular formula is C13H22N4O2. The number of carbonyl (C=O) groups excluding carboxylic acids is 2. The summed E-state index contributed by atoms with van der Waals surface area (Å²) in [5, 5.41) is 2.44. The molecular weight excluding hydrogens is 244 g/mol. The number of urea groups is 1. The van der Waals surface area contributed by atoms with Crippen LogP contribution in [0.15, 0.2) is 4.99 Å². The summed E-state index contributed by atoms with van der Waals surface area (Å²) in [4.78, 5) is 31.9. The number of fused-ring (bicyclic) bond motifs is 1. The fourth-order valence-electron chi connectivity index (χ4n) is 2.55. The number of rotatable bonds is 4. The Morgan fingerprint density at radius 2 is 1.84 bits per heavy atom. The standard InChI is InChI=1S/C13H22N4O2/c1-8(2)5-16-7-14-11-10(16)12(18)15-13(19)17(11)6-9(3)4/h7-11H,5-6H2,1-4H3,(H,15,18,19). The fraction of sp³-hybridized carbons (Fsp3) is 0.769. The van der Waals surface area contributed by atoms with E-state index in [1.54, 1.807) is 11.2 Å². The molecule has 6 heteroatoms. The first-order chi connectivity index (χ1) is 8.90. The molecule has 19 heavy (non-hydrogen) atoms. The van der Waals surface area contributed by atoms with Gasteiger partial charge in [-0.15, -0.1) is 0 Å². The number of nitrogens with one attached hydrogen (secondary N) is 1. The van der Waals surface area contributed by atoms with Gasteiger partial charge >= 0.3 is 6.03 Å². The van der Waals surface area contributed by atoms with Gasteiger partial charge in [0.15, 0.2) is 12.2 Å². The zero-order valence-electron chi connectivity index (χ0n) is 12.0. The highest BCUT2D eigenvalue weighted by atomic mass is 16.2. The average molecular weight is 266 g/mol. The molecule has 3 amide bonds. The van der Waals surface area contributed by atoms with Crippen molar-refractivity contribution in [3.8, 4) is 0 Å². The fourth-order valence-corrected chi connectivity index (χ4v) is 2.55. The second-order valence-electron chi connectivity index (χ2n) is 6.05. The van der Waals surface area contributed by atoms with Crippen molar-refractivity contribution in [2.24, 2.45) is 16.8 Å². The molecule has 106 valence electrons. The van der Waals surface area contributed by atoms with E-state index in [1.165, 1.54) is 0 Å². The summed E-state index contributed by atoms with van der Waals surface area (Å²) >= 11 is 0. The van der Waals surface area contributed by atoms with E-state index in [1.807, 2.05) is 18.7 Å². The Bertz CT molecular complexity index is 405. The van der Waals surface area contributed by atoms with E-state index in [2.05, 4.69) is 24.2 Å². The van der Waals surface area contributed by atoms with Crippen LogP contribution in [0.5, 0.6) is 0 Å². The highest BCUT2D eigenvalue weighted by Gasteiger charge is 2.46. The first-order valence-corrected chi connectivity index (χ1v) is 6.80. The van der Waals surface area contributed by atoms with Gasteiger partial charge < -0.3 is 4.90 Å². The molecule has 1 saturated heterocycles. The number of amides is 3. The van der Waals surface area contributed by atoms with Gasteiger partial charge in [-0.05, 0) is 11.8 Å². The van der Waals surface area contributed by atoms with E-state index in [0.29, 0.717) is 18.4 Å². The molecule has 0 aromatic carbocycles. The maximum absolute atomic E-state index is 12.0. The van der Waals surface area contributed by atoms with Gasteiger partial charge in [0, 0.05) is 13.1 Å². The Morgan fingerprint density at radius 3 is 2.42 bits per heavy atom. The van der Waals surface area contributed by atoms with Gasteiger partial charge in [0.2, 0.25) is 0 Å². The number of aliphatic imine (C=N–C) groups is 1. The molecule has 0 aliphatic carbocycles. The van der Waals surface area contributed by atoms with Crippen molar-refractivity contribution in [2.75, 3.05) is 13.1 Å². The maximum atomic E-state index is 12.0. The van der Waals surface area contributed by atoms with Gasteiger partial charge in [-0.25, -0.2) is 9.79 Å². The minimum atomic E-state index is -0.376. The third-order valence-corrected chi connectivity index (χ3v) is 3.22. The second kappa shape index (κ2) is 5.19. The molecule has 2 atom stereocenters. The highest BCUT2D eigenvalue weighted by molar-refractivity contribution is 6.02. The van der Waals surface area contributed by atoms with Crippen LogP contribution in [0, 0.1) is 11.8 Å². The van der Waals surface area contributed by atoms with Gasteiger partial charge in [0.05, 0.1) is 6.34 Å². The molecule has 0 aromatic rings. The van der Waals surface area contributed by atoms with Crippen molar-refractivity contribution in [1.29, 1.82) is 0 Å². The summed E-state index contributed by atoms with van der Waals surface area (Å²) in [6, 6.07) is -0.706. The SMILES string of the molecule is CC(C)CN1C=NC2C1C(=O)NC(=O)N2CC(C)C. The quantitative estimate of drug-likeness (QED) is 0.822. The summed E-state index contributed by atoms with van der Waals surface area (Å²) in [5.41, 5.74) is 0. The lowest BCUT2D eigenvalue weighted by Crippen LogP contribution is -2.65. The minimum absolute atomic E-state index is 0.242. The van der Waals surface area contributed by atoms with Crippen LogP contribution in [0.25, 0.3) is 0 Å². The highest BCUT2D eigenvalue weighted by Crippen LogP contribution is 2.23. The van der Waals surface area contributed by atoms with E-state index in [-0.39, 0.29) is 24.1 Å². The van der Waals surface area contributed by atoms with Gasteiger partial charge in [0.25, 0.3) is 5.91 Å². The van der Waals surface area contributed by atoms with Crippen molar-refractivity contribution in [2.45, 2.75) is 39.9 Å². The van der Waals surface area contributed by atoms with Crippen LogP contribution in [0.1, 0.15) is 27.7 Å². The van der Waals surface area contributed by atoms with Crippen LogP contribution in [0.2, 0.25) is 0 Å². The van der Waals surface area contributed by atoms with Gasteiger partial charge in [-0.2, -0.15) is 0 Å². The summed E-state index contributed by atoms with van der Waals surface area (Å²) in [7, 11) is 0. The van der Waals surface area contributed by atoms with Crippen LogP contribution in [-0.2, 0) is 4.79 Å². The normalized spacial score (nSPS) is 26.4. The number of hydrogen-bond acceptors (Lipinski definition) is 4. The Hall–Kier alpha value is -1.59. The van der Waals surface area contributed by atoms with Crippen LogP contribution < -0.4 is 5.32 Å². The second-order valence-corrected chi connectivity index (χ2v) is 6.05. The largest absolute Gasteiger partial charge is 0.347 e. The number of imide groups is 1. The smallest absolute Gasteiger partial charge is 0.325 e. The molecule has 0 saturated carbocycles. The lowest BCUT2D eigenvalue weighted by Gasteiger charge is -2.38. The molecule has 0 spiro atoms. The van der Waals surface area contributed by atoms with Crippen LogP contribution in [0.3, 0.4) is 0 Å². The summed E-state index contributed by atoms with van der Waals surface area (Å²) < 4.78 is 0. The zero-order valence-corrected chi connectivity index (χ0v) is 12.0. The van der Waals surface area contributed by atoms with Crippen molar-refractivity contribution in [3.05, 3.63) is 0 Å². The van der Waals surface area contributed by atoms with Gasteiger partial charge in [-0.1, -0.05) is 27.7 Å². The zero-order chi connectivity index (χ0) is 14.2. The molecule has 2 heterocycles. The van der Waals surface area contributed by atoms with Crippen LogP contribution >= 0.6 is 0 Å². The predicted octanol–water partition coefficient (Wildman–Crippen LogP) is 0.889. The van der Waals surface area contributed by atoms with Gasteiger partial charge in [-0.3, -0.25) is 15.0 Å². The Kier molecular flexibility index (Phi) is 3.78. The summed E-state index contributed by atoms with van der Waals surface area (Å²) in [6.07, 6.45) is 1.34. The van der Waals surface area contributed by atoms with Crippen LogP contribution in [0.4, 0.5) is 4.79 Å². The number of carbonyl (C=O) groups is 2. The molecule has 0 aromatic heterocycles. The third kappa shape index (κ3) is 2.72. The van der Waals surface area contributed by atoms with E-state index in [9.17, 15) is 9.59 Å². The van der Waals surface area contributed by atoms with E-state index >= 15 is 0 Å². The Labute approximate surface area is 113 Å². The van der Waals surface area contributed by atoms with E-state index in [0.717, 1.165) is 6.54 Å². The molecule has 0 bridgehead atoms. The predicted molar refractivity (Wildman–Crippen MR) is 72.7 cm³/mol. The Morgan fingerprint density at radius 1 is 1.21 bits per heavy atom. The van der Waals surface area contributed by atoms with Crippen molar-refractivity contribution >= 4 is 18.3 Å². The lowest BCUT2D eigenvalue weighted by atomic mass is 10.1. The monoisotopic (exact) mass is 266 g/mol. The number of nitrogens with zero attached hydrogens (tertiary/aromatic N) is 3. The first kappa shape index (κ1) is 13.8. The van der Waals surface area contributed by atoms with E-state index < -0.39 is 0 Å². The molecule has 2 aliphatic rings. The van der Waals surface area contributed by atoms with Crippen molar-refractivity contribution < 1.29 is 9.59 Å². The topological polar surface area (TPSA) is 65.0 Å². The molecule has 6 nitrogen and oxygen atoms in total. The minimum Gasteiger partial charge on any atom is -0.347 e. The molecule has 2 rings (SSSR count). The molecule has 1 N–H and O–H groups in total. The molecule has 1 fully saturated rings. The lowest BCUT2D eigenvalue weighted by molar-refractivity contribution is -0.127. The summed E-state index contributed by atoms with van der Waals surface area (Å²) in [5.74, 6) is 0.538. The third-order valence-electron chi connectivity index (χ3n) is 3.22.